The highest BCUT2D eigenvalue weighted by molar-refractivity contribution is 6.15. The Balaban J connectivity index is 0.000000523. The average Bonchev–Trinajstić information content (AvgIpc) is 2.75. The number of methoxy groups -OCH3 is 4. The number of nitrogens with zero attached hydrogens (tertiary/aromatic N) is 1. The Morgan fingerprint density at radius 3 is 1.97 bits per heavy atom. The number of likely N-dealkylation sites (N-methyl/N-ethyl adjacent to an activating group) is 1. The third-order valence-corrected chi connectivity index (χ3v) is 5.32. The lowest BCUT2D eigenvalue weighted by Crippen LogP contribution is -2.68. The van der Waals surface area contributed by atoms with Crippen molar-refractivity contribution in [3.8, 4) is 23.0 Å². The van der Waals surface area contributed by atoms with Gasteiger partial charge in [0.2, 0.25) is 0 Å². The van der Waals surface area contributed by atoms with Gasteiger partial charge in [-0.15, -0.1) is 10.2 Å². The van der Waals surface area contributed by atoms with Crippen molar-refractivity contribution >= 4 is 27.8 Å². The molecule has 0 radical (unpaired) electrons. The SMILES string of the molecule is COc1cc2ccc3c4c(c(OC)c(OC)c3c2cc1OC)C=[N+](C)CC4.[O-][Cl+3]([O-])([O-])[O-]. The van der Waals surface area contributed by atoms with Crippen LogP contribution in [0.25, 0.3) is 21.5 Å². The first kappa shape index (κ1) is 23.8. The van der Waals surface area contributed by atoms with E-state index in [0.29, 0.717) is 11.5 Å². The molecule has 0 saturated carbocycles. The number of hydrogen-bond donors (Lipinski definition) is 0. The van der Waals surface area contributed by atoms with Crippen LogP contribution in [0.5, 0.6) is 23.0 Å². The molecule has 172 valence electrons. The summed E-state index contributed by atoms with van der Waals surface area (Å²) in [5, 5.41) is 4.36. The first-order chi connectivity index (χ1) is 15.1. The minimum Gasteiger partial charge on any atom is -0.493 e. The predicted molar refractivity (Wildman–Crippen MR) is 108 cm³/mol. The molecule has 0 fully saturated rings. The lowest BCUT2D eigenvalue weighted by Gasteiger charge is -2.21. The molecule has 0 bridgehead atoms. The van der Waals surface area contributed by atoms with Crippen LogP contribution in [0.2, 0.25) is 0 Å². The van der Waals surface area contributed by atoms with Gasteiger partial charge in [0.1, 0.15) is 13.6 Å². The van der Waals surface area contributed by atoms with E-state index >= 15 is 0 Å². The molecule has 3 aromatic carbocycles. The third kappa shape index (κ3) is 4.67. The van der Waals surface area contributed by atoms with Gasteiger partial charge in [-0.2, -0.15) is 0 Å². The van der Waals surface area contributed by atoms with E-state index in [1.807, 2.05) is 12.1 Å². The van der Waals surface area contributed by atoms with E-state index < -0.39 is 10.2 Å². The van der Waals surface area contributed by atoms with E-state index in [2.05, 4.69) is 30.0 Å². The van der Waals surface area contributed by atoms with E-state index in [1.54, 1.807) is 28.4 Å². The van der Waals surface area contributed by atoms with Crippen LogP contribution in [0.1, 0.15) is 11.1 Å². The van der Waals surface area contributed by atoms with Crippen LogP contribution < -0.4 is 37.6 Å². The van der Waals surface area contributed by atoms with Crippen molar-refractivity contribution in [2.75, 3.05) is 42.0 Å². The Morgan fingerprint density at radius 1 is 0.812 bits per heavy atom. The topological polar surface area (TPSA) is 132 Å². The number of fused-ring (bicyclic) bond motifs is 5. The molecule has 0 atom stereocenters. The number of benzene rings is 3. The molecule has 0 aromatic heterocycles. The van der Waals surface area contributed by atoms with Gasteiger partial charge in [-0.25, -0.2) is 23.2 Å². The number of halogens is 1. The minimum absolute atomic E-state index is 0.697. The van der Waals surface area contributed by atoms with Gasteiger partial charge in [-0.1, -0.05) is 12.1 Å². The molecule has 1 heterocycles. The predicted octanol–water partition coefficient (Wildman–Crippen LogP) is -1.11. The van der Waals surface area contributed by atoms with E-state index in [4.69, 9.17) is 37.6 Å². The zero-order valence-electron chi connectivity index (χ0n) is 18.4. The molecule has 0 saturated heterocycles. The van der Waals surface area contributed by atoms with Crippen LogP contribution in [0.3, 0.4) is 0 Å². The van der Waals surface area contributed by atoms with Gasteiger partial charge in [0.25, 0.3) is 0 Å². The Labute approximate surface area is 187 Å². The van der Waals surface area contributed by atoms with Crippen LogP contribution in [-0.2, 0) is 6.42 Å². The fourth-order valence-corrected chi connectivity index (χ4v) is 4.04. The zero-order chi connectivity index (χ0) is 23.6. The van der Waals surface area contributed by atoms with Gasteiger partial charge in [0.15, 0.2) is 29.2 Å². The molecule has 0 N–H and O–H groups in total. The number of hydrogen-bond acceptors (Lipinski definition) is 8. The largest absolute Gasteiger partial charge is 0.493 e. The van der Waals surface area contributed by atoms with Crippen molar-refractivity contribution in [3.05, 3.63) is 35.4 Å². The third-order valence-electron chi connectivity index (χ3n) is 5.32. The molecular formula is C22H24ClNO8. The van der Waals surface area contributed by atoms with Crippen LogP contribution in [0.15, 0.2) is 24.3 Å². The number of rotatable bonds is 4. The second-order valence-corrected chi connectivity index (χ2v) is 7.87. The Morgan fingerprint density at radius 2 is 1.41 bits per heavy atom. The quantitative estimate of drug-likeness (QED) is 0.350. The van der Waals surface area contributed by atoms with Crippen molar-refractivity contribution in [1.29, 1.82) is 0 Å². The molecule has 1 aliphatic heterocycles. The van der Waals surface area contributed by atoms with E-state index in [9.17, 15) is 0 Å². The molecule has 4 rings (SSSR count). The summed E-state index contributed by atoms with van der Waals surface area (Å²) in [6, 6.07) is 8.32. The molecule has 1 aliphatic rings. The van der Waals surface area contributed by atoms with Crippen molar-refractivity contribution in [3.63, 3.8) is 0 Å². The highest BCUT2D eigenvalue weighted by Crippen LogP contribution is 2.46. The fraction of sp³-hybridized carbons (Fsp3) is 0.318. The maximum atomic E-state index is 8.49. The summed E-state index contributed by atoms with van der Waals surface area (Å²) >= 11 is 0. The van der Waals surface area contributed by atoms with Crippen LogP contribution in [-0.4, -0.2) is 52.8 Å². The molecule has 0 spiro atoms. The molecule has 9 nitrogen and oxygen atoms in total. The van der Waals surface area contributed by atoms with E-state index in [-0.39, 0.29) is 0 Å². The van der Waals surface area contributed by atoms with Crippen LogP contribution >= 0.6 is 0 Å². The molecule has 0 amide bonds. The van der Waals surface area contributed by atoms with Crippen molar-refractivity contribution in [2.24, 2.45) is 0 Å². The molecule has 32 heavy (non-hydrogen) atoms. The second kappa shape index (κ2) is 9.35. The summed E-state index contributed by atoms with van der Waals surface area (Å²) in [6.45, 7) is 0.974. The van der Waals surface area contributed by atoms with E-state index in [1.165, 1.54) is 10.9 Å². The highest BCUT2D eigenvalue weighted by atomic mass is 35.7. The minimum atomic E-state index is -4.94. The monoisotopic (exact) mass is 465 g/mol. The summed E-state index contributed by atoms with van der Waals surface area (Å²) in [5.74, 6) is 2.93. The van der Waals surface area contributed by atoms with Gasteiger partial charge < -0.3 is 18.9 Å². The van der Waals surface area contributed by atoms with Crippen molar-refractivity contribution in [2.45, 2.75) is 6.42 Å². The maximum absolute atomic E-state index is 8.49. The van der Waals surface area contributed by atoms with Gasteiger partial charge in [0, 0.05) is 11.8 Å². The average molecular weight is 466 g/mol. The second-order valence-electron chi connectivity index (χ2n) is 7.11. The zero-order valence-corrected chi connectivity index (χ0v) is 19.1. The normalized spacial score (nSPS) is 13.1. The molecule has 0 unspecified atom stereocenters. The van der Waals surface area contributed by atoms with Gasteiger partial charge in [-0.05, 0) is 33.9 Å². The highest BCUT2D eigenvalue weighted by Gasteiger charge is 2.26. The Hall–Kier alpha value is -2.82. The molecule has 0 aliphatic carbocycles. The van der Waals surface area contributed by atoms with Gasteiger partial charge >= 0.3 is 0 Å². The van der Waals surface area contributed by atoms with Crippen LogP contribution in [0, 0.1) is 10.2 Å². The lowest BCUT2D eigenvalue weighted by atomic mass is 9.90. The van der Waals surface area contributed by atoms with Crippen LogP contribution in [0.4, 0.5) is 0 Å². The summed E-state index contributed by atoms with van der Waals surface area (Å²) in [7, 11) is 3.82. The Kier molecular flexibility index (Phi) is 6.97. The Bertz CT molecular complexity index is 1180. The number of ether oxygens (including phenoxy) is 4. The summed E-state index contributed by atoms with van der Waals surface area (Å²) < 4.78 is 58.8. The standard InChI is InChI=1S/C22H24NO4.ClHO4/c1-23-9-8-14-15-7-6-13-10-18(24-2)19(25-3)11-16(13)20(15)22(27-5)21(26-4)17(14)12-23;2-1(3,4)5/h6-7,10-12H,8-9H2,1-5H3;(H,2,3,4,5)/q+1;/p-1. The maximum Gasteiger partial charge on any atom is 0.174 e. The van der Waals surface area contributed by atoms with Gasteiger partial charge in [0.05, 0.1) is 34.0 Å². The molecule has 10 heteroatoms. The summed E-state index contributed by atoms with van der Waals surface area (Å²) in [6.07, 6.45) is 3.09. The first-order valence-electron chi connectivity index (χ1n) is 9.55. The van der Waals surface area contributed by atoms with Crippen molar-refractivity contribution < 1.29 is 52.4 Å². The van der Waals surface area contributed by atoms with Crippen molar-refractivity contribution in [1.82, 2.24) is 0 Å². The summed E-state index contributed by atoms with van der Waals surface area (Å²) in [5.41, 5.74) is 2.38. The summed E-state index contributed by atoms with van der Waals surface area (Å²) in [4.78, 5) is 0. The smallest absolute Gasteiger partial charge is 0.174 e. The first-order valence-corrected chi connectivity index (χ1v) is 10.8. The lowest BCUT2D eigenvalue weighted by molar-refractivity contribution is -2.00. The van der Waals surface area contributed by atoms with Gasteiger partial charge in [-0.3, -0.25) is 0 Å². The van der Waals surface area contributed by atoms with E-state index in [0.717, 1.165) is 46.2 Å². The molecule has 3 aromatic rings. The molecular weight excluding hydrogens is 442 g/mol. The fourth-order valence-electron chi connectivity index (χ4n) is 4.04.